The Hall–Kier alpha value is -4.73. The molecule has 0 bridgehead atoms. The third-order valence-electron chi connectivity index (χ3n) is 7.29. The summed E-state index contributed by atoms with van der Waals surface area (Å²) in [7, 11) is 0. The van der Waals surface area contributed by atoms with Gasteiger partial charge in [0.05, 0.1) is 10.8 Å². The fourth-order valence-electron chi connectivity index (χ4n) is 5.67. The van der Waals surface area contributed by atoms with Crippen molar-refractivity contribution in [2.45, 2.75) is 38.6 Å². The van der Waals surface area contributed by atoms with E-state index >= 15 is 0 Å². The molecule has 10 nitrogen and oxygen atoms in total. The van der Waals surface area contributed by atoms with Gasteiger partial charge in [-0.15, -0.1) is 0 Å². The van der Waals surface area contributed by atoms with E-state index in [4.69, 9.17) is 4.74 Å². The number of ether oxygens (including phenoxy) is 1. The van der Waals surface area contributed by atoms with Crippen molar-refractivity contribution in [1.29, 1.82) is 0 Å². The number of nitrogens with zero attached hydrogens (tertiary/aromatic N) is 1. The zero-order valence-corrected chi connectivity index (χ0v) is 22.3. The molecule has 208 valence electrons. The van der Waals surface area contributed by atoms with E-state index in [-0.39, 0.29) is 18.2 Å². The van der Waals surface area contributed by atoms with Gasteiger partial charge >= 0.3 is 18.0 Å². The van der Waals surface area contributed by atoms with E-state index in [1.54, 1.807) is 20.8 Å². The number of carboxylic acid groups (broad SMARTS) is 2. The minimum absolute atomic E-state index is 0.0969. The molecule has 1 aliphatic rings. The summed E-state index contributed by atoms with van der Waals surface area (Å²) in [6, 6.07) is 20.5. The molecule has 3 aromatic rings. The number of fused-ring (bicyclic) bond motifs is 3. The van der Waals surface area contributed by atoms with Gasteiger partial charge in [0.2, 0.25) is 0 Å². The number of alkyl carbamates (subject to hydrolysis) is 1. The van der Waals surface area contributed by atoms with E-state index in [1.807, 2.05) is 48.5 Å². The molecule has 1 unspecified atom stereocenters. The number of hydrogen-bond acceptors (Lipinski definition) is 6. The van der Waals surface area contributed by atoms with Crippen LogP contribution in [0.2, 0.25) is 0 Å². The first-order valence-corrected chi connectivity index (χ1v) is 12.7. The van der Waals surface area contributed by atoms with Crippen LogP contribution in [0.4, 0.5) is 10.5 Å². The summed E-state index contributed by atoms with van der Waals surface area (Å²) in [4.78, 5) is 49.1. The van der Waals surface area contributed by atoms with Gasteiger partial charge in [-0.1, -0.05) is 81.4 Å². The average Bonchev–Trinajstić information content (AvgIpc) is 3.20. The second-order valence-electron chi connectivity index (χ2n) is 11.0. The minimum Gasteiger partial charge on any atom is -0.481 e. The van der Waals surface area contributed by atoms with Crippen LogP contribution in [0, 0.1) is 21.4 Å². The molecular formula is C30H30N2O8. The highest BCUT2D eigenvalue weighted by Gasteiger charge is 2.56. The normalized spacial score (nSPS) is 14.8. The SMILES string of the molecule is CC(C)(C)C(C(=O)O)[C@](Cc1ccc([N+](=O)[O-])cc1)(NC(=O)OCC1c2ccccc2-c2ccccc21)C(=O)O. The van der Waals surface area contributed by atoms with Gasteiger partial charge in [-0.25, -0.2) is 9.59 Å². The lowest BCUT2D eigenvalue weighted by Gasteiger charge is -2.41. The average molecular weight is 547 g/mol. The third kappa shape index (κ3) is 5.38. The Morgan fingerprint density at radius 2 is 1.45 bits per heavy atom. The van der Waals surface area contributed by atoms with Crippen LogP contribution in [0.1, 0.15) is 43.4 Å². The quantitative estimate of drug-likeness (QED) is 0.243. The van der Waals surface area contributed by atoms with Gasteiger partial charge in [0.15, 0.2) is 5.54 Å². The Balaban J connectivity index is 1.66. The number of nitro benzene ring substituents is 1. The Labute approximate surface area is 230 Å². The molecule has 3 N–H and O–H groups in total. The Morgan fingerprint density at radius 3 is 1.90 bits per heavy atom. The molecule has 1 amide bonds. The predicted molar refractivity (Wildman–Crippen MR) is 146 cm³/mol. The summed E-state index contributed by atoms with van der Waals surface area (Å²) in [5.41, 5.74) is 0.606. The standard InChI is InChI=1S/C30H30N2O8/c1-29(2,3)25(26(33)34)30(27(35)36,16-18-12-14-19(15-13-18)32(38)39)31-28(37)40-17-24-22-10-6-4-8-20(22)21-9-5-7-11-23(21)24/h4-15,24-25H,16-17H2,1-3H3,(H,31,37)(H,33,34)(H,35,36)/t25?,30-/m0/s1. The topological polar surface area (TPSA) is 156 Å². The molecule has 1 aliphatic carbocycles. The number of carboxylic acids is 2. The number of rotatable bonds is 9. The van der Waals surface area contributed by atoms with Crippen molar-refractivity contribution < 1.29 is 34.3 Å². The Bertz CT molecular complexity index is 1420. The lowest BCUT2D eigenvalue weighted by atomic mass is 9.66. The molecule has 0 aliphatic heterocycles. The summed E-state index contributed by atoms with van der Waals surface area (Å²) >= 11 is 0. The van der Waals surface area contributed by atoms with Gasteiger partial charge in [-0.2, -0.15) is 0 Å². The summed E-state index contributed by atoms with van der Waals surface area (Å²) in [5.74, 6) is -4.87. The molecule has 0 saturated carbocycles. The number of amides is 1. The van der Waals surface area contributed by atoms with Crippen LogP contribution >= 0.6 is 0 Å². The number of benzene rings is 3. The van der Waals surface area contributed by atoms with Gasteiger partial charge in [-0.3, -0.25) is 14.9 Å². The van der Waals surface area contributed by atoms with E-state index < -0.39 is 46.2 Å². The fraction of sp³-hybridized carbons (Fsp3) is 0.300. The van der Waals surface area contributed by atoms with Gasteiger partial charge < -0.3 is 20.3 Å². The van der Waals surface area contributed by atoms with E-state index in [0.29, 0.717) is 5.56 Å². The molecule has 3 aromatic carbocycles. The van der Waals surface area contributed by atoms with Crippen molar-refractivity contribution >= 4 is 23.7 Å². The molecule has 0 radical (unpaired) electrons. The molecule has 4 rings (SSSR count). The van der Waals surface area contributed by atoms with Crippen molar-refractivity contribution in [3.63, 3.8) is 0 Å². The zero-order valence-electron chi connectivity index (χ0n) is 22.3. The first-order valence-electron chi connectivity index (χ1n) is 12.7. The monoisotopic (exact) mass is 546 g/mol. The predicted octanol–water partition coefficient (Wildman–Crippen LogP) is 5.25. The van der Waals surface area contributed by atoms with Crippen molar-refractivity contribution in [1.82, 2.24) is 5.32 Å². The maximum absolute atomic E-state index is 13.3. The molecule has 0 fully saturated rings. The van der Waals surface area contributed by atoms with Gasteiger partial charge in [0.1, 0.15) is 6.61 Å². The second-order valence-corrected chi connectivity index (χ2v) is 11.0. The number of non-ortho nitro benzene ring substituents is 1. The summed E-state index contributed by atoms with van der Waals surface area (Å²) in [6.45, 7) is 4.61. The number of carbonyl (C=O) groups is 3. The lowest BCUT2D eigenvalue weighted by molar-refractivity contribution is -0.384. The van der Waals surface area contributed by atoms with Crippen molar-refractivity contribution in [3.05, 3.63) is 99.6 Å². The summed E-state index contributed by atoms with van der Waals surface area (Å²) < 4.78 is 5.58. The molecule has 0 saturated heterocycles. The molecule has 0 spiro atoms. The smallest absolute Gasteiger partial charge is 0.408 e. The number of aliphatic carboxylic acids is 2. The van der Waals surface area contributed by atoms with Crippen LogP contribution in [0.25, 0.3) is 11.1 Å². The molecular weight excluding hydrogens is 516 g/mol. The first-order chi connectivity index (χ1) is 18.8. The van der Waals surface area contributed by atoms with Crippen LogP contribution in [-0.2, 0) is 20.7 Å². The maximum Gasteiger partial charge on any atom is 0.408 e. The maximum atomic E-state index is 13.3. The first kappa shape index (κ1) is 28.3. The second kappa shape index (κ2) is 10.8. The van der Waals surface area contributed by atoms with Crippen LogP contribution in [-0.4, -0.2) is 45.3 Å². The minimum atomic E-state index is -2.33. The molecule has 10 heteroatoms. The highest BCUT2D eigenvalue weighted by atomic mass is 16.6. The van der Waals surface area contributed by atoms with Crippen molar-refractivity contribution in [3.8, 4) is 11.1 Å². The number of nitrogens with one attached hydrogen (secondary N) is 1. The van der Waals surface area contributed by atoms with Crippen LogP contribution in [0.3, 0.4) is 0 Å². The fourth-order valence-corrected chi connectivity index (χ4v) is 5.67. The molecule has 0 heterocycles. The highest BCUT2D eigenvalue weighted by molar-refractivity contribution is 5.91. The number of carbonyl (C=O) groups excluding carboxylic acids is 1. The Kier molecular flexibility index (Phi) is 7.63. The van der Waals surface area contributed by atoms with E-state index in [9.17, 15) is 34.7 Å². The lowest BCUT2D eigenvalue weighted by Crippen LogP contribution is -2.65. The van der Waals surface area contributed by atoms with E-state index in [2.05, 4.69) is 5.32 Å². The number of nitro groups is 1. The third-order valence-corrected chi connectivity index (χ3v) is 7.29. The number of hydrogen-bond donors (Lipinski definition) is 3. The van der Waals surface area contributed by atoms with Crippen LogP contribution in [0.15, 0.2) is 72.8 Å². The summed E-state index contributed by atoms with van der Waals surface area (Å²) in [6.07, 6.45) is -1.53. The Morgan fingerprint density at radius 1 is 0.925 bits per heavy atom. The highest BCUT2D eigenvalue weighted by Crippen LogP contribution is 2.44. The van der Waals surface area contributed by atoms with Crippen LogP contribution < -0.4 is 5.32 Å². The van der Waals surface area contributed by atoms with E-state index in [1.165, 1.54) is 24.3 Å². The molecule has 40 heavy (non-hydrogen) atoms. The van der Waals surface area contributed by atoms with E-state index in [0.717, 1.165) is 22.3 Å². The molecule has 2 atom stereocenters. The zero-order chi connectivity index (χ0) is 29.2. The van der Waals surface area contributed by atoms with Gasteiger partial charge in [0, 0.05) is 24.5 Å². The van der Waals surface area contributed by atoms with Crippen LogP contribution in [0.5, 0.6) is 0 Å². The summed E-state index contributed by atoms with van der Waals surface area (Å²) in [5, 5.41) is 34.1. The molecule has 0 aromatic heterocycles. The van der Waals surface area contributed by atoms with Gasteiger partial charge in [-0.05, 0) is 33.2 Å². The van der Waals surface area contributed by atoms with Crippen molar-refractivity contribution in [2.75, 3.05) is 6.61 Å². The van der Waals surface area contributed by atoms with Gasteiger partial charge in [0.25, 0.3) is 5.69 Å². The largest absolute Gasteiger partial charge is 0.481 e. The van der Waals surface area contributed by atoms with Crippen molar-refractivity contribution in [2.24, 2.45) is 11.3 Å².